The standard InChI is InChI=1S/C16H16N2O/c19-10-4-5-13-12-18(14-6-3-9-17-11-14)16-8-2-1-7-15(13)16/h1-3,6-9,11-12,19H,4-5,10H2. The van der Waals surface area contributed by atoms with E-state index in [9.17, 15) is 0 Å². The molecule has 0 radical (unpaired) electrons. The molecular formula is C16H16N2O. The zero-order valence-electron chi connectivity index (χ0n) is 10.7. The summed E-state index contributed by atoms with van der Waals surface area (Å²) >= 11 is 0. The average Bonchev–Trinajstić information content (AvgIpc) is 2.85. The fourth-order valence-electron chi connectivity index (χ4n) is 2.43. The summed E-state index contributed by atoms with van der Waals surface area (Å²) in [5.41, 5.74) is 3.52. The van der Waals surface area contributed by atoms with Gasteiger partial charge in [0.05, 0.1) is 17.4 Å². The van der Waals surface area contributed by atoms with Gasteiger partial charge >= 0.3 is 0 Å². The van der Waals surface area contributed by atoms with Gasteiger partial charge in [0.25, 0.3) is 0 Å². The predicted molar refractivity (Wildman–Crippen MR) is 76.5 cm³/mol. The first-order valence-corrected chi connectivity index (χ1v) is 6.50. The number of aliphatic hydroxyl groups excluding tert-OH is 1. The van der Waals surface area contributed by atoms with Gasteiger partial charge in [0, 0.05) is 24.4 Å². The molecule has 0 unspecified atom stereocenters. The summed E-state index contributed by atoms with van der Waals surface area (Å²) in [4.78, 5) is 4.18. The van der Waals surface area contributed by atoms with Crippen molar-refractivity contribution in [2.75, 3.05) is 6.61 Å². The predicted octanol–water partition coefficient (Wildman–Crippen LogP) is 2.95. The summed E-state index contributed by atoms with van der Waals surface area (Å²) in [5.74, 6) is 0. The maximum absolute atomic E-state index is 9.01. The minimum atomic E-state index is 0.229. The van der Waals surface area contributed by atoms with E-state index in [0.29, 0.717) is 0 Å². The molecule has 0 saturated heterocycles. The minimum Gasteiger partial charge on any atom is -0.396 e. The molecule has 2 heterocycles. The molecule has 0 bridgehead atoms. The second-order valence-electron chi connectivity index (χ2n) is 4.58. The van der Waals surface area contributed by atoms with E-state index in [0.717, 1.165) is 18.5 Å². The van der Waals surface area contributed by atoms with Crippen molar-refractivity contribution in [1.29, 1.82) is 0 Å². The van der Waals surface area contributed by atoms with Crippen LogP contribution >= 0.6 is 0 Å². The number of rotatable bonds is 4. The van der Waals surface area contributed by atoms with Gasteiger partial charge in [-0.2, -0.15) is 0 Å². The normalized spacial score (nSPS) is 11.0. The highest BCUT2D eigenvalue weighted by atomic mass is 16.2. The Morgan fingerprint density at radius 3 is 2.79 bits per heavy atom. The van der Waals surface area contributed by atoms with Crippen molar-refractivity contribution in [3.63, 3.8) is 0 Å². The van der Waals surface area contributed by atoms with Crippen LogP contribution in [0.2, 0.25) is 0 Å². The van der Waals surface area contributed by atoms with Crippen LogP contribution in [0.5, 0.6) is 0 Å². The maximum atomic E-state index is 9.01. The van der Waals surface area contributed by atoms with Crippen LogP contribution in [0, 0.1) is 0 Å². The van der Waals surface area contributed by atoms with E-state index in [-0.39, 0.29) is 6.61 Å². The van der Waals surface area contributed by atoms with E-state index in [2.05, 4.69) is 40.0 Å². The molecule has 2 aromatic heterocycles. The van der Waals surface area contributed by atoms with Crippen molar-refractivity contribution in [2.45, 2.75) is 12.8 Å². The van der Waals surface area contributed by atoms with Gasteiger partial charge in [-0.15, -0.1) is 0 Å². The number of fused-ring (bicyclic) bond motifs is 1. The number of pyridine rings is 1. The molecule has 0 spiro atoms. The van der Waals surface area contributed by atoms with Gasteiger partial charge in [0.15, 0.2) is 0 Å². The molecule has 3 heteroatoms. The fourth-order valence-corrected chi connectivity index (χ4v) is 2.43. The van der Waals surface area contributed by atoms with Crippen molar-refractivity contribution in [2.24, 2.45) is 0 Å². The first-order chi connectivity index (χ1) is 9.40. The lowest BCUT2D eigenvalue weighted by Gasteiger charge is -2.03. The number of hydrogen-bond acceptors (Lipinski definition) is 2. The van der Waals surface area contributed by atoms with Gasteiger partial charge in [-0.25, -0.2) is 0 Å². The fraction of sp³-hybridized carbons (Fsp3) is 0.188. The largest absolute Gasteiger partial charge is 0.396 e. The Bertz CT molecular complexity index is 674. The smallest absolute Gasteiger partial charge is 0.0639 e. The first kappa shape index (κ1) is 11.9. The highest BCUT2D eigenvalue weighted by Crippen LogP contribution is 2.25. The zero-order chi connectivity index (χ0) is 13.1. The topological polar surface area (TPSA) is 38.0 Å². The van der Waals surface area contributed by atoms with E-state index >= 15 is 0 Å². The van der Waals surface area contributed by atoms with Crippen LogP contribution < -0.4 is 0 Å². The number of benzene rings is 1. The number of para-hydroxylation sites is 1. The van der Waals surface area contributed by atoms with Gasteiger partial charge in [-0.3, -0.25) is 4.98 Å². The maximum Gasteiger partial charge on any atom is 0.0639 e. The van der Waals surface area contributed by atoms with Crippen molar-refractivity contribution in [1.82, 2.24) is 9.55 Å². The quantitative estimate of drug-likeness (QED) is 0.775. The lowest BCUT2D eigenvalue weighted by molar-refractivity contribution is 0.289. The Kier molecular flexibility index (Phi) is 3.29. The summed E-state index contributed by atoms with van der Waals surface area (Å²) in [5, 5.41) is 10.3. The Labute approximate surface area is 112 Å². The van der Waals surface area contributed by atoms with Crippen molar-refractivity contribution in [3.8, 4) is 5.69 Å². The molecule has 0 aliphatic heterocycles. The molecule has 0 aliphatic carbocycles. The van der Waals surface area contributed by atoms with E-state index in [1.807, 2.05) is 18.3 Å². The lowest BCUT2D eigenvalue weighted by atomic mass is 10.1. The molecule has 19 heavy (non-hydrogen) atoms. The third kappa shape index (κ3) is 2.25. The average molecular weight is 252 g/mol. The number of hydrogen-bond donors (Lipinski definition) is 1. The summed E-state index contributed by atoms with van der Waals surface area (Å²) in [6.45, 7) is 0.229. The van der Waals surface area contributed by atoms with Crippen LogP contribution in [-0.2, 0) is 6.42 Å². The molecular weight excluding hydrogens is 236 g/mol. The van der Waals surface area contributed by atoms with Gasteiger partial charge < -0.3 is 9.67 Å². The Morgan fingerprint density at radius 1 is 1.11 bits per heavy atom. The molecule has 3 nitrogen and oxygen atoms in total. The second kappa shape index (κ2) is 5.24. The molecule has 0 saturated carbocycles. The van der Waals surface area contributed by atoms with Crippen molar-refractivity contribution < 1.29 is 5.11 Å². The second-order valence-corrected chi connectivity index (χ2v) is 4.58. The molecule has 3 aromatic rings. The van der Waals surface area contributed by atoms with Gasteiger partial charge in [-0.1, -0.05) is 18.2 Å². The summed E-state index contributed by atoms with van der Waals surface area (Å²) < 4.78 is 2.16. The Hall–Kier alpha value is -2.13. The third-order valence-corrected chi connectivity index (χ3v) is 3.32. The van der Waals surface area contributed by atoms with Crippen LogP contribution in [-0.4, -0.2) is 21.3 Å². The molecule has 1 N–H and O–H groups in total. The molecule has 0 aliphatic rings. The van der Waals surface area contributed by atoms with Crippen LogP contribution in [0.4, 0.5) is 0 Å². The molecule has 96 valence electrons. The number of nitrogens with zero attached hydrogens (tertiary/aromatic N) is 2. The summed E-state index contributed by atoms with van der Waals surface area (Å²) in [6, 6.07) is 12.3. The highest BCUT2D eigenvalue weighted by Gasteiger charge is 2.08. The van der Waals surface area contributed by atoms with Gasteiger partial charge in [0.1, 0.15) is 0 Å². The Balaban J connectivity index is 2.15. The SMILES string of the molecule is OCCCc1cn(-c2cccnc2)c2ccccc12. The van der Waals surface area contributed by atoms with Crippen molar-refractivity contribution >= 4 is 10.9 Å². The van der Waals surface area contributed by atoms with Gasteiger partial charge in [0.2, 0.25) is 0 Å². The van der Waals surface area contributed by atoms with Crippen molar-refractivity contribution in [3.05, 3.63) is 60.6 Å². The lowest BCUT2D eigenvalue weighted by Crippen LogP contribution is -1.92. The van der Waals surface area contributed by atoms with Crippen LogP contribution in [0.15, 0.2) is 55.0 Å². The van der Waals surface area contributed by atoms with E-state index < -0.39 is 0 Å². The van der Waals surface area contributed by atoms with E-state index in [4.69, 9.17) is 5.11 Å². The molecule has 0 fully saturated rings. The van der Waals surface area contributed by atoms with E-state index in [1.54, 1.807) is 6.20 Å². The third-order valence-electron chi connectivity index (χ3n) is 3.32. The number of aliphatic hydroxyl groups is 1. The minimum absolute atomic E-state index is 0.229. The van der Waals surface area contributed by atoms with Gasteiger partial charge in [-0.05, 0) is 36.6 Å². The number of aryl methyl sites for hydroxylation is 1. The first-order valence-electron chi connectivity index (χ1n) is 6.50. The number of aromatic nitrogens is 2. The summed E-state index contributed by atoms with van der Waals surface area (Å²) in [7, 11) is 0. The Morgan fingerprint density at radius 2 is 2.00 bits per heavy atom. The monoisotopic (exact) mass is 252 g/mol. The van der Waals surface area contributed by atoms with Crippen LogP contribution in [0.25, 0.3) is 16.6 Å². The molecule has 1 aromatic carbocycles. The molecule has 0 amide bonds. The van der Waals surface area contributed by atoms with Crippen LogP contribution in [0.3, 0.4) is 0 Å². The zero-order valence-corrected chi connectivity index (χ0v) is 10.7. The molecule has 3 rings (SSSR count). The molecule has 0 atom stereocenters. The highest BCUT2D eigenvalue weighted by molar-refractivity contribution is 5.85. The van der Waals surface area contributed by atoms with Crippen LogP contribution in [0.1, 0.15) is 12.0 Å². The van der Waals surface area contributed by atoms with E-state index in [1.165, 1.54) is 16.5 Å². The summed E-state index contributed by atoms with van der Waals surface area (Å²) in [6.07, 6.45) is 7.48.